The van der Waals surface area contributed by atoms with Crippen molar-refractivity contribution in [3.8, 4) is 5.75 Å². The van der Waals surface area contributed by atoms with Gasteiger partial charge >= 0.3 is 0 Å². The first-order chi connectivity index (χ1) is 8.72. The average molecular weight is 267 g/mol. The van der Waals surface area contributed by atoms with Crippen LogP contribution in [-0.2, 0) is 11.3 Å². The van der Waals surface area contributed by atoms with Crippen LogP contribution in [0, 0.1) is 5.82 Å². The number of hydrogen-bond acceptors (Lipinski definition) is 3. The van der Waals surface area contributed by atoms with Crippen LogP contribution in [0.5, 0.6) is 5.75 Å². The van der Waals surface area contributed by atoms with Gasteiger partial charge in [0.2, 0.25) is 0 Å². The van der Waals surface area contributed by atoms with Gasteiger partial charge in [-0.2, -0.15) is 0 Å². The van der Waals surface area contributed by atoms with Crippen LogP contribution < -0.4 is 10.5 Å². The van der Waals surface area contributed by atoms with Crippen molar-refractivity contribution in [2.75, 3.05) is 0 Å². The minimum absolute atomic E-state index is 0.102. The van der Waals surface area contributed by atoms with E-state index in [-0.39, 0.29) is 17.5 Å². The van der Waals surface area contributed by atoms with Crippen LogP contribution in [0.3, 0.4) is 0 Å². The van der Waals surface area contributed by atoms with Crippen molar-refractivity contribution in [1.29, 1.82) is 0 Å². The van der Waals surface area contributed by atoms with Gasteiger partial charge in [0.25, 0.3) is 0 Å². The molecular formula is C15H22FNO2. The molecule has 1 aromatic carbocycles. The maximum atomic E-state index is 13.5. The highest BCUT2D eigenvalue weighted by Gasteiger charge is 2.47. The van der Waals surface area contributed by atoms with E-state index in [1.807, 2.05) is 27.7 Å². The van der Waals surface area contributed by atoms with Crippen LogP contribution in [0.1, 0.15) is 39.7 Å². The molecule has 0 spiro atoms. The van der Waals surface area contributed by atoms with Gasteiger partial charge in [0.15, 0.2) is 0 Å². The van der Waals surface area contributed by atoms with Gasteiger partial charge in [-0.3, -0.25) is 0 Å². The zero-order valence-corrected chi connectivity index (χ0v) is 12.0. The summed E-state index contributed by atoms with van der Waals surface area (Å²) in [6, 6.07) is 4.60. The molecule has 1 aliphatic heterocycles. The predicted octanol–water partition coefficient (Wildman–Crippen LogP) is 3.01. The van der Waals surface area contributed by atoms with Crippen molar-refractivity contribution < 1.29 is 13.9 Å². The maximum absolute atomic E-state index is 13.5. The van der Waals surface area contributed by atoms with Crippen molar-refractivity contribution in [3.05, 3.63) is 29.6 Å². The van der Waals surface area contributed by atoms with Crippen molar-refractivity contribution in [2.24, 2.45) is 5.73 Å². The number of hydrogen-bond donors (Lipinski definition) is 1. The summed E-state index contributed by atoms with van der Waals surface area (Å²) in [5.74, 6) is 0.189. The van der Waals surface area contributed by atoms with Crippen LogP contribution in [0.15, 0.2) is 18.2 Å². The van der Waals surface area contributed by atoms with Crippen molar-refractivity contribution in [1.82, 2.24) is 0 Å². The van der Waals surface area contributed by atoms with E-state index in [1.165, 1.54) is 12.1 Å². The summed E-state index contributed by atoms with van der Waals surface area (Å²) in [5.41, 5.74) is 5.66. The Balaban J connectivity index is 2.19. The SMILES string of the molecule is CC1(C)CC(Oc2cc(F)cc(CN)c2)C(C)(C)O1. The van der Waals surface area contributed by atoms with Crippen molar-refractivity contribution >= 4 is 0 Å². The molecule has 1 unspecified atom stereocenters. The maximum Gasteiger partial charge on any atom is 0.130 e. The van der Waals surface area contributed by atoms with E-state index in [1.54, 1.807) is 6.07 Å². The van der Waals surface area contributed by atoms with Gasteiger partial charge in [-0.1, -0.05) is 0 Å². The van der Waals surface area contributed by atoms with Gasteiger partial charge in [-0.15, -0.1) is 0 Å². The molecule has 0 bridgehead atoms. The summed E-state index contributed by atoms with van der Waals surface area (Å²) < 4.78 is 25.4. The molecule has 1 saturated heterocycles. The summed E-state index contributed by atoms with van der Waals surface area (Å²) in [5, 5.41) is 0. The molecule has 2 N–H and O–H groups in total. The Morgan fingerprint density at radius 3 is 2.53 bits per heavy atom. The van der Waals surface area contributed by atoms with E-state index < -0.39 is 5.60 Å². The second-order valence-electron chi connectivity index (χ2n) is 6.28. The molecule has 0 aromatic heterocycles. The summed E-state index contributed by atoms with van der Waals surface area (Å²) in [7, 11) is 0. The lowest BCUT2D eigenvalue weighted by Crippen LogP contribution is -2.36. The van der Waals surface area contributed by atoms with Gasteiger partial charge in [-0.25, -0.2) is 4.39 Å². The molecule has 0 radical (unpaired) electrons. The lowest BCUT2D eigenvalue weighted by molar-refractivity contribution is -0.0846. The highest BCUT2D eigenvalue weighted by Crippen LogP contribution is 2.39. The number of halogens is 1. The normalized spacial score (nSPS) is 24.4. The largest absolute Gasteiger partial charge is 0.487 e. The number of ether oxygens (including phenoxy) is 2. The van der Waals surface area contributed by atoms with Crippen LogP contribution in [0.4, 0.5) is 4.39 Å². The Labute approximate surface area is 113 Å². The fraction of sp³-hybridized carbons (Fsp3) is 0.600. The smallest absolute Gasteiger partial charge is 0.130 e. The van der Waals surface area contributed by atoms with E-state index in [0.717, 1.165) is 12.0 Å². The lowest BCUT2D eigenvalue weighted by Gasteiger charge is -2.27. The molecule has 2 rings (SSSR count). The minimum Gasteiger partial charge on any atom is -0.487 e. The monoisotopic (exact) mass is 267 g/mol. The Morgan fingerprint density at radius 1 is 1.32 bits per heavy atom. The molecule has 3 nitrogen and oxygen atoms in total. The van der Waals surface area contributed by atoms with Crippen LogP contribution in [0.25, 0.3) is 0 Å². The Morgan fingerprint density at radius 2 is 2.00 bits per heavy atom. The molecule has 0 amide bonds. The fourth-order valence-electron chi connectivity index (χ4n) is 2.67. The van der Waals surface area contributed by atoms with Crippen molar-refractivity contribution in [2.45, 2.75) is 58.0 Å². The molecule has 106 valence electrons. The molecule has 19 heavy (non-hydrogen) atoms. The third kappa shape index (κ3) is 3.25. The van der Waals surface area contributed by atoms with E-state index in [2.05, 4.69) is 0 Å². The quantitative estimate of drug-likeness (QED) is 0.915. The topological polar surface area (TPSA) is 44.5 Å². The molecule has 1 aromatic rings. The van der Waals surface area contributed by atoms with E-state index in [0.29, 0.717) is 12.3 Å². The molecule has 1 fully saturated rings. The number of rotatable bonds is 3. The van der Waals surface area contributed by atoms with Crippen LogP contribution in [-0.4, -0.2) is 17.3 Å². The second-order valence-corrected chi connectivity index (χ2v) is 6.28. The third-order valence-corrected chi connectivity index (χ3v) is 3.44. The minimum atomic E-state index is -0.390. The lowest BCUT2D eigenvalue weighted by atomic mass is 9.97. The molecule has 0 aliphatic carbocycles. The number of benzene rings is 1. The predicted molar refractivity (Wildman–Crippen MR) is 72.6 cm³/mol. The molecular weight excluding hydrogens is 245 g/mol. The summed E-state index contributed by atoms with van der Waals surface area (Å²) in [4.78, 5) is 0. The van der Waals surface area contributed by atoms with Gasteiger partial charge < -0.3 is 15.2 Å². The first kappa shape index (κ1) is 14.3. The highest BCUT2D eigenvalue weighted by molar-refractivity contribution is 5.30. The van der Waals surface area contributed by atoms with Crippen molar-refractivity contribution in [3.63, 3.8) is 0 Å². The van der Waals surface area contributed by atoms with Gasteiger partial charge in [0.1, 0.15) is 23.3 Å². The Kier molecular flexibility index (Phi) is 3.58. The third-order valence-electron chi connectivity index (χ3n) is 3.44. The van der Waals surface area contributed by atoms with Crippen LogP contribution >= 0.6 is 0 Å². The Hall–Kier alpha value is -1.13. The van der Waals surface area contributed by atoms with Crippen LogP contribution in [0.2, 0.25) is 0 Å². The van der Waals surface area contributed by atoms with E-state index in [4.69, 9.17) is 15.2 Å². The fourth-order valence-corrected chi connectivity index (χ4v) is 2.67. The molecule has 1 aliphatic rings. The van der Waals surface area contributed by atoms with E-state index in [9.17, 15) is 4.39 Å². The molecule has 1 atom stereocenters. The zero-order valence-electron chi connectivity index (χ0n) is 12.0. The van der Waals surface area contributed by atoms with Gasteiger partial charge in [-0.05, 0) is 45.4 Å². The first-order valence-corrected chi connectivity index (χ1v) is 6.58. The number of nitrogens with two attached hydrogens (primary N) is 1. The molecule has 0 saturated carbocycles. The standard InChI is InChI=1S/C15H22FNO2/c1-14(2)8-13(15(3,4)19-14)18-12-6-10(9-17)5-11(16)7-12/h5-7,13H,8-9,17H2,1-4H3. The molecule has 1 heterocycles. The Bertz CT molecular complexity index is 471. The first-order valence-electron chi connectivity index (χ1n) is 6.58. The molecule has 4 heteroatoms. The second kappa shape index (κ2) is 4.76. The van der Waals surface area contributed by atoms with Gasteiger partial charge in [0, 0.05) is 19.0 Å². The summed E-state index contributed by atoms with van der Waals surface area (Å²) in [6.45, 7) is 8.36. The zero-order chi connectivity index (χ0) is 14.3. The van der Waals surface area contributed by atoms with Gasteiger partial charge in [0.05, 0.1) is 5.60 Å². The average Bonchev–Trinajstić information content (AvgIpc) is 2.45. The van der Waals surface area contributed by atoms with E-state index >= 15 is 0 Å². The highest BCUT2D eigenvalue weighted by atomic mass is 19.1. The summed E-state index contributed by atoms with van der Waals surface area (Å²) >= 11 is 0. The summed E-state index contributed by atoms with van der Waals surface area (Å²) in [6.07, 6.45) is 0.670.